The van der Waals surface area contributed by atoms with E-state index in [1.165, 1.54) is 24.2 Å². The second-order valence-corrected chi connectivity index (χ2v) is 5.63. The summed E-state index contributed by atoms with van der Waals surface area (Å²) in [6, 6.07) is 0.743. The predicted octanol–water partition coefficient (Wildman–Crippen LogP) is 2.63. The molecule has 4 heteroatoms. The first-order valence-electron chi connectivity index (χ1n) is 7.43. The van der Waals surface area contributed by atoms with Crippen LogP contribution in [-0.2, 0) is 13.5 Å². The second kappa shape index (κ2) is 6.94. The van der Waals surface area contributed by atoms with Gasteiger partial charge in [-0.3, -0.25) is 4.68 Å². The SMILES string of the molecule is CCCC(C)N(C)c1c(CC(N)CC)c(C)nn1C. The molecule has 2 atom stereocenters. The first-order chi connectivity index (χ1) is 8.92. The minimum Gasteiger partial charge on any atom is -0.357 e. The molecule has 1 rings (SSSR count). The molecule has 4 nitrogen and oxygen atoms in total. The second-order valence-electron chi connectivity index (χ2n) is 5.63. The lowest BCUT2D eigenvalue weighted by Gasteiger charge is -2.28. The maximum Gasteiger partial charge on any atom is 0.130 e. The van der Waals surface area contributed by atoms with Crippen molar-refractivity contribution in [2.24, 2.45) is 12.8 Å². The van der Waals surface area contributed by atoms with Crippen molar-refractivity contribution in [1.29, 1.82) is 0 Å². The van der Waals surface area contributed by atoms with Crippen LogP contribution >= 0.6 is 0 Å². The standard InChI is InChI=1S/C15H30N4/c1-7-9-11(3)18(5)15-14(10-13(16)8-2)12(4)17-19(15)6/h11,13H,7-10,16H2,1-6H3. The summed E-state index contributed by atoms with van der Waals surface area (Å²) < 4.78 is 2.00. The van der Waals surface area contributed by atoms with E-state index in [1.54, 1.807) is 0 Å². The molecule has 0 spiro atoms. The van der Waals surface area contributed by atoms with Gasteiger partial charge in [-0.05, 0) is 33.1 Å². The van der Waals surface area contributed by atoms with E-state index >= 15 is 0 Å². The Balaban J connectivity index is 3.04. The third-order valence-corrected chi connectivity index (χ3v) is 4.01. The van der Waals surface area contributed by atoms with Crippen LogP contribution in [0.4, 0.5) is 5.82 Å². The van der Waals surface area contributed by atoms with Crippen LogP contribution in [0.2, 0.25) is 0 Å². The highest BCUT2D eigenvalue weighted by molar-refractivity contribution is 5.50. The van der Waals surface area contributed by atoms with Crippen molar-refractivity contribution in [2.75, 3.05) is 11.9 Å². The monoisotopic (exact) mass is 266 g/mol. The van der Waals surface area contributed by atoms with Gasteiger partial charge < -0.3 is 10.6 Å². The van der Waals surface area contributed by atoms with E-state index in [9.17, 15) is 0 Å². The van der Waals surface area contributed by atoms with Crippen molar-refractivity contribution in [3.05, 3.63) is 11.3 Å². The fourth-order valence-electron chi connectivity index (χ4n) is 2.60. The van der Waals surface area contributed by atoms with E-state index in [0.29, 0.717) is 6.04 Å². The number of aromatic nitrogens is 2. The molecule has 2 unspecified atom stereocenters. The van der Waals surface area contributed by atoms with Crippen molar-refractivity contribution in [3.63, 3.8) is 0 Å². The first kappa shape index (κ1) is 16.0. The van der Waals surface area contributed by atoms with Gasteiger partial charge in [0.15, 0.2) is 0 Å². The summed E-state index contributed by atoms with van der Waals surface area (Å²) in [6.45, 7) is 8.72. The molecule has 0 aliphatic heterocycles. The number of hydrogen-bond donors (Lipinski definition) is 1. The number of rotatable bonds is 7. The highest BCUT2D eigenvalue weighted by Crippen LogP contribution is 2.26. The number of anilines is 1. The number of nitrogens with two attached hydrogens (primary N) is 1. The Morgan fingerprint density at radius 1 is 1.37 bits per heavy atom. The van der Waals surface area contributed by atoms with Gasteiger partial charge in [0.2, 0.25) is 0 Å². The average molecular weight is 266 g/mol. The Hall–Kier alpha value is -1.03. The summed E-state index contributed by atoms with van der Waals surface area (Å²) in [4.78, 5) is 2.35. The fraction of sp³-hybridized carbons (Fsp3) is 0.800. The Labute approximate surface area is 118 Å². The summed E-state index contributed by atoms with van der Waals surface area (Å²) in [6.07, 6.45) is 4.31. The number of nitrogens with zero attached hydrogens (tertiary/aromatic N) is 3. The van der Waals surface area contributed by atoms with Crippen molar-refractivity contribution in [1.82, 2.24) is 9.78 Å². The predicted molar refractivity (Wildman–Crippen MR) is 82.7 cm³/mol. The third kappa shape index (κ3) is 3.72. The molecule has 0 aliphatic carbocycles. The summed E-state index contributed by atoms with van der Waals surface area (Å²) in [5.41, 5.74) is 8.55. The lowest BCUT2D eigenvalue weighted by Crippen LogP contribution is -2.32. The lowest BCUT2D eigenvalue weighted by atomic mass is 10.0. The molecule has 1 heterocycles. The minimum atomic E-state index is 0.219. The Morgan fingerprint density at radius 2 is 2.00 bits per heavy atom. The molecule has 0 radical (unpaired) electrons. The molecule has 19 heavy (non-hydrogen) atoms. The van der Waals surface area contributed by atoms with Gasteiger partial charge in [-0.1, -0.05) is 20.3 Å². The Morgan fingerprint density at radius 3 is 2.53 bits per heavy atom. The highest BCUT2D eigenvalue weighted by Gasteiger charge is 2.21. The summed E-state index contributed by atoms with van der Waals surface area (Å²) in [5, 5.41) is 4.58. The molecule has 0 bridgehead atoms. The molecule has 0 aliphatic rings. The zero-order chi connectivity index (χ0) is 14.6. The highest BCUT2D eigenvalue weighted by atomic mass is 15.4. The number of hydrogen-bond acceptors (Lipinski definition) is 3. The van der Waals surface area contributed by atoms with E-state index in [4.69, 9.17) is 5.73 Å². The van der Waals surface area contributed by atoms with E-state index in [2.05, 4.69) is 44.7 Å². The van der Waals surface area contributed by atoms with Gasteiger partial charge in [-0.2, -0.15) is 5.10 Å². The summed E-state index contributed by atoms with van der Waals surface area (Å²) in [7, 11) is 4.19. The maximum atomic E-state index is 6.13. The molecule has 1 aromatic rings. The van der Waals surface area contributed by atoms with Crippen LogP contribution in [0.5, 0.6) is 0 Å². The van der Waals surface area contributed by atoms with Crippen molar-refractivity contribution >= 4 is 5.82 Å². The third-order valence-electron chi connectivity index (χ3n) is 4.01. The largest absolute Gasteiger partial charge is 0.357 e. The smallest absolute Gasteiger partial charge is 0.130 e. The Kier molecular flexibility index (Phi) is 5.85. The molecule has 0 aromatic carbocycles. The van der Waals surface area contributed by atoms with Gasteiger partial charge >= 0.3 is 0 Å². The topological polar surface area (TPSA) is 47.1 Å². The van der Waals surface area contributed by atoms with Crippen LogP contribution in [0.25, 0.3) is 0 Å². The van der Waals surface area contributed by atoms with Gasteiger partial charge in [0.05, 0.1) is 5.69 Å². The zero-order valence-corrected chi connectivity index (χ0v) is 13.4. The lowest BCUT2D eigenvalue weighted by molar-refractivity contribution is 0.589. The molecular formula is C15H30N4. The molecule has 0 saturated carbocycles. The maximum absolute atomic E-state index is 6.13. The van der Waals surface area contributed by atoms with Crippen molar-refractivity contribution in [3.8, 4) is 0 Å². The fourth-order valence-corrected chi connectivity index (χ4v) is 2.60. The van der Waals surface area contributed by atoms with E-state index < -0.39 is 0 Å². The van der Waals surface area contributed by atoms with Crippen molar-refractivity contribution < 1.29 is 0 Å². The van der Waals surface area contributed by atoms with Gasteiger partial charge in [0.1, 0.15) is 5.82 Å². The zero-order valence-electron chi connectivity index (χ0n) is 13.4. The normalized spacial score (nSPS) is 14.5. The van der Waals surface area contributed by atoms with Crippen LogP contribution in [-0.4, -0.2) is 28.9 Å². The number of aryl methyl sites for hydroxylation is 2. The van der Waals surface area contributed by atoms with Crippen LogP contribution in [0.3, 0.4) is 0 Å². The van der Waals surface area contributed by atoms with Crippen LogP contribution in [0.15, 0.2) is 0 Å². The van der Waals surface area contributed by atoms with Crippen LogP contribution in [0, 0.1) is 6.92 Å². The summed E-state index contributed by atoms with van der Waals surface area (Å²) in [5.74, 6) is 1.22. The average Bonchev–Trinajstić information content (AvgIpc) is 2.63. The van der Waals surface area contributed by atoms with Gasteiger partial charge in [-0.15, -0.1) is 0 Å². The first-order valence-corrected chi connectivity index (χ1v) is 7.43. The molecule has 0 saturated heterocycles. The molecule has 0 fully saturated rings. The molecular weight excluding hydrogens is 236 g/mol. The van der Waals surface area contributed by atoms with E-state index in [-0.39, 0.29) is 6.04 Å². The summed E-state index contributed by atoms with van der Waals surface area (Å²) >= 11 is 0. The van der Waals surface area contributed by atoms with Crippen LogP contribution < -0.4 is 10.6 Å². The van der Waals surface area contributed by atoms with Gasteiger partial charge in [0.25, 0.3) is 0 Å². The van der Waals surface area contributed by atoms with E-state index in [0.717, 1.165) is 18.5 Å². The van der Waals surface area contributed by atoms with Crippen molar-refractivity contribution in [2.45, 2.75) is 65.5 Å². The quantitative estimate of drug-likeness (QED) is 0.825. The van der Waals surface area contributed by atoms with Gasteiger partial charge in [-0.25, -0.2) is 0 Å². The van der Waals surface area contributed by atoms with Crippen LogP contribution in [0.1, 0.15) is 51.3 Å². The minimum absolute atomic E-state index is 0.219. The molecule has 0 amide bonds. The molecule has 1 aromatic heterocycles. The Bertz CT molecular complexity index is 397. The molecule has 2 N–H and O–H groups in total. The van der Waals surface area contributed by atoms with E-state index in [1.807, 2.05) is 11.7 Å². The van der Waals surface area contributed by atoms with Gasteiger partial charge in [0, 0.05) is 31.7 Å². The molecule has 110 valence electrons.